The van der Waals surface area contributed by atoms with E-state index in [1.54, 1.807) is 35.4 Å². The molecule has 1 aromatic heterocycles. The second-order valence-corrected chi connectivity index (χ2v) is 6.11. The fourth-order valence-corrected chi connectivity index (χ4v) is 2.79. The number of benzene rings is 1. The van der Waals surface area contributed by atoms with Crippen LogP contribution in [0.3, 0.4) is 0 Å². The van der Waals surface area contributed by atoms with Crippen molar-refractivity contribution in [2.45, 2.75) is 6.54 Å². The van der Waals surface area contributed by atoms with E-state index < -0.39 is 4.92 Å². The number of hydrogen-bond donors (Lipinski definition) is 0. The summed E-state index contributed by atoms with van der Waals surface area (Å²) in [5, 5.41) is 10.7. The summed E-state index contributed by atoms with van der Waals surface area (Å²) in [5.74, 6) is 0.565. The first-order valence-corrected chi connectivity index (χ1v) is 8.75. The maximum Gasteiger partial charge on any atom is 0.269 e. The number of carbonyl (C=O) groups excluding carboxylic acids is 1. The number of nitro benzene ring substituents is 1. The number of rotatable bonds is 8. The smallest absolute Gasteiger partial charge is 0.269 e. The Labute approximate surface area is 155 Å². The predicted molar refractivity (Wildman–Crippen MR) is 96.2 cm³/mol. The van der Waals surface area contributed by atoms with Gasteiger partial charge in [-0.05, 0) is 18.2 Å². The molecule has 1 amide bonds. The zero-order chi connectivity index (χ0) is 18.2. The quantitative estimate of drug-likeness (QED) is 0.305. The van der Waals surface area contributed by atoms with E-state index in [4.69, 9.17) is 23.2 Å². The van der Waals surface area contributed by atoms with Crippen LogP contribution in [0.15, 0.2) is 48.8 Å². The van der Waals surface area contributed by atoms with Crippen molar-refractivity contribution in [3.05, 3.63) is 70.0 Å². The van der Waals surface area contributed by atoms with Crippen molar-refractivity contribution in [2.75, 3.05) is 24.8 Å². The van der Waals surface area contributed by atoms with Gasteiger partial charge in [0.05, 0.1) is 4.92 Å². The number of carbonyl (C=O) groups is 1. The minimum Gasteiger partial charge on any atom is -0.336 e. The van der Waals surface area contributed by atoms with Crippen LogP contribution in [0.4, 0.5) is 5.69 Å². The fourth-order valence-electron chi connectivity index (χ4n) is 2.38. The van der Waals surface area contributed by atoms with Crippen LogP contribution in [0.5, 0.6) is 0 Å². The van der Waals surface area contributed by atoms with E-state index in [2.05, 4.69) is 0 Å². The Balaban J connectivity index is 2.14. The minimum atomic E-state index is -0.432. The second-order valence-electron chi connectivity index (χ2n) is 5.36. The van der Waals surface area contributed by atoms with Crippen LogP contribution in [-0.4, -0.2) is 40.6 Å². The highest BCUT2D eigenvalue weighted by Gasteiger charge is 2.18. The predicted octanol–water partition coefficient (Wildman–Crippen LogP) is 2.85. The summed E-state index contributed by atoms with van der Waals surface area (Å²) in [7, 11) is 0. The molecule has 0 aliphatic carbocycles. The largest absolute Gasteiger partial charge is 0.336 e. The van der Waals surface area contributed by atoms with E-state index in [1.165, 1.54) is 12.1 Å². The molecule has 132 valence electrons. The Morgan fingerprint density at radius 3 is 2.32 bits per heavy atom. The van der Waals surface area contributed by atoms with E-state index >= 15 is 0 Å². The van der Waals surface area contributed by atoms with Gasteiger partial charge < -0.3 is 4.90 Å². The second kappa shape index (κ2) is 9.34. The summed E-state index contributed by atoms with van der Waals surface area (Å²) in [5.41, 5.74) is 1.49. The van der Waals surface area contributed by atoms with Crippen molar-refractivity contribution in [3.8, 4) is 0 Å². The van der Waals surface area contributed by atoms with E-state index in [9.17, 15) is 14.9 Å². The molecule has 0 radical (unpaired) electrons. The van der Waals surface area contributed by atoms with Crippen LogP contribution in [0, 0.1) is 10.1 Å². The van der Waals surface area contributed by atoms with Gasteiger partial charge in [0, 0.05) is 48.6 Å². The first kappa shape index (κ1) is 19.1. The van der Waals surface area contributed by atoms with Crippen molar-refractivity contribution < 1.29 is 14.3 Å². The number of nitro groups is 1. The molecule has 0 unspecified atom stereocenters. The summed E-state index contributed by atoms with van der Waals surface area (Å²) in [6.07, 6.45) is 3.59. The molecule has 2 aromatic rings. The monoisotopic (exact) mass is 382 g/mol. The van der Waals surface area contributed by atoms with Gasteiger partial charge in [-0.1, -0.05) is 0 Å². The van der Waals surface area contributed by atoms with Gasteiger partial charge in [0.2, 0.25) is 0 Å². The van der Waals surface area contributed by atoms with Crippen molar-refractivity contribution in [1.82, 2.24) is 4.90 Å². The normalized spacial score (nSPS) is 10.5. The lowest BCUT2D eigenvalue weighted by Gasteiger charge is -2.19. The highest BCUT2D eigenvalue weighted by molar-refractivity contribution is 6.18. The molecule has 0 fully saturated rings. The van der Waals surface area contributed by atoms with E-state index in [0.29, 0.717) is 37.0 Å². The molecule has 25 heavy (non-hydrogen) atoms. The van der Waals surface area contributed by atoms with Crippen LogP contribution in [-0.2, 0) is 6.54 Å². The number of amides is 1. The molecule has 0 saturated carbocycles. The molecule has 6 nitrogen and oxygen atoms in total. The Kier molecular flexibility index (Phi) is 7.16. The van der Waals surface area contributed by atoms with E-state index in [0.717, 1.165) is 5.56 Å². The highest BCUT2D eigenvalue weighted by atomic mass is 35.5. The number of hydrogen-bond acceptors (Lipinski definition) is 3. The highest BCUT2D eigenvalue weighted by Crippen LogP contribution is 2.12. The van der Waals surface area contributed by atoms with Gasteiger partial charge >= 0.3 is 0 Å². The standard InChI is InChI=1S/C17H18Cl2N3O3/c18-7-10-21(11-8-19)17(23)15-2-1-9-20(13-15)12-14-3-5-16(6-4-14)22(24)25/h1-6,9,13H,7-8,10-12H2/q+1. The van der Waals surface area contributed by atoms with Crippen molar-refractivity contribution in [2.24, 2.45) is 0 Å². The van der Waals surface area contributed by atoms with Crippen LogP contribution in [0.2, 0.25) is 0 Å². The summed E-state index contributed by atoms with van der Waals surface area (Å²) < 4.78 is 1.86. The van der Waals surface area contributed by atoms with Gasteiger partial charge in [-0.25, -0.2) is 0 Å². The van der Waals surface area contributed by atoms with Gasteiger partial charge in [0.15, 0.2) is 18.9 Å². The average Bonchev–Trinajstić information content (AvgIpc) is 2.61. The summed E-state index contributed by atoms with van der Waals surface area (Å²) >= 11 is 11.5. The number of alkyl halides is 2. The Morgan fingerprint density at radius 2 is 1.76 bits per heavy atom. The molecule has 0 saturated heterocycles. The molecule has 0 spiro atoms. The zero-order valence-corrected chi connectivity index (χ0v) is 15.0. The number of nitrogens with zero attached hydrogens (tertiary/aromatic N) is 3. The SMILES string of the molecule is O=C(c1ccc[n+](Cc2ccc([N+](=O)[O-])cc2)c1)N(CCCl)CCCl. The lowest BCUT2D eigenvalue weighted by molar-refractivity contribution is -0.688. The molecule has 2 rings (SSSR count). The first-order chi connectivity index (χ1) is 12.0. The van der Waals surface area contributed by atoms with Gasteiger partial charge in [-0.2, -0.15) is 4.57 Å². The van der Waals surface area contributed by atoms with Crippen molar-refractivity contribution in [3.63, 3.8) is 0 Å². The topological polar surface area (TPSA) is 67.3 Å². The van der Waals surface area contributed by atoms with Crippen LogP contribution >= 0.6 is 23.2 Å². The van der Waals surface area contributed by atoms with Crippen molar-refractivity contribution in [1.29, 1.82) is 0 Å². The lowest BCUT2D eigenvalue weighted by Crippen LogP contribution is -2.38. The van der Waals surface area contributed by atoms with Gasteiger partial charge in [-0.15, -0.1) is 23.2 Å². The number of pyridine rings is 1. The minimum absolute atomic E-state index is 0.0514. The number of aromatic nitrogens is 1. The van der Waals surface area contributed by atoms with Gasteiger partial charge in [0.25, 0.3) is 11.6 Å². The summed E-state index contributed by atoms with van der Waals surface area (Å²) in [6.45, 7) is 1.37. The Bertz CT molecular complexity index is 732. The molecule has 0 atom stereocenters. The fraction of sp³-hybridized carbons (Fsp3) is 0.294. The number of halogens is 2. The van der Waals surface area contributed by atoms with Crippen LogP contribution < -0.4 is 4.57 Å². The summed E-state index contributed by atoms with van der Waals surface area (Å²) in [6, 6.07) is 9.86. The average molecular weight is 383 g/mol. The van der Waals surface area contributed by atoms with E-state index in [-0.39, 0.29) is 11.6 Å². The van der Waals surface area contributed by atoms with Gasteiger partial charge in [0.1, 0.15) is 5.56 Å². The molecule has 0 aliphatic heterocycles. The van der Waals surface area contributed by atoms with Crippen LogP contribution in [0.1, 0.15) is 15.9 Å². The van der Waals surface area contributed by atoms with Crippen molar-refractivity contribution >= 4 is 34.8 Å². The third-order valence-electron chi connectivity index (χ3n) is 3.61. The molecule has 8 heteroatoms. The molecule has 1 aromatic carbocycles. The molecule has 1 heterocycles. The third-order valence-corrected chi connectivity index (χ3v) is 3.95. The molecule has 0 aliphatic rings. The van der Waals surface area contributed by atoms with E-state index in [1.807, 2.05) is 10.8 Å². The third kappa shape index (κ3) is 5.41. The Hall–Kier alpha value is -2.18. The molecule has 0 bridgehead atoms. The summed E-state index contributed by atoms with van der Waals surface area (Å²) in [4.78, 5) is 24.5. The number of non-ortho nitro benzene ring substituents is 1. The van der Waals surface area contributed by atoms with Gasteiger partial charge in [-0.3, -0.25) is 14.9 Å². The maximum atomic E-state index is 12.6. The molecular formula is C17H18Cl2N3O3+. The maximum absolute atomic E-state index is 12.6. The first-order valence-electron chi connectivity index (χ1n) is 7.69. The zero-order valence-electron chi connectivity index (χ0n) is 13.5. The lowest BCUT2D eigenvalue weighted by atomic mass is 10.2. The molecular weight excluding hydrogens is 365 g/mol. The Morgan fingerprint density at radius 1 is 1.12 bits per heavy atom. The van der Waals surface area contributed by atoms with Crippen LogP contribution in [0.25, 0.3) is 0 Å². The molecule has 0 N–H and O–H groups in total.